The molecular formula is C30H47ClN8O7PS+. The van der Waals surface area contributed by atoms with Gasteiger partial charge in [0.15, 0.2) is 5.13 Å². The number of aromatic nitrogens is 3. The first-order chi connectivity index (χ1) is 23.1. The highest BCUT2D eigenvalue weighted by Crippen LogP contribution is 2.52. The van der Waals surface area contributed by atoms with Crippen molar-refractivity contribution >= 4 is 59.0 Å². The number of nitrogens with zero attached hydrogens (tertiary/aromatic N) is 5. The van der Waals surface area contributed by atoms with Gasteiger partial charge in [-0.05, 0) is 39.3 Å². The second-order valence-electron chi connectivity index (χ2n) is 10.6. The van der Waals surface area contributed by atoms with E-state index in [0.29, 0.717) is 91.4 Å². The minimum atomic E-state index is -3.30. The molecule has 1 amide bonds. The average molecular weight is 730 g/mol. The molecule has 0 spiro atoms. The van der Waals surface area contributed by atoms with E-state index in [1.54, 1.807) is 24.6 Å². The quantitative estimate of drug-likeness (QED) is 0.118. The Hall–Kier alpha value is -2.76. The molecule has 0 aliphatic carbocycles. The molecule has 3 heterocycles. The third kappa shape index (κ3) is 11.7. The van der Waals surface area contributed by atoms with E-state index in [-0.39, 0.29) is 25.7 Å². The summed E-state index contributed by atoms with van der Waals surface area (Å²) in [6, 6.07) is 7.28. The molecule has 15 nitrogen and oxygen atoms in total. The van der Waals surface area contributed by atoms with Gasteiger partial charge in [0.25, 0.3) is 5.91 Å². The van der Waals surface area contributed by atoms with E-state index in [1.807, 2.05) is 32.0 Å². The van der Waals surface area contributed by atoms with Crippen molar-refractivity contribution in [1.82, 2.24) is 19.6 Å². The zero-order valence-electron chi connectivity index (χ0n) is 27.8. The molecule has 266 valence electrons. The van der Waals surface area contributed by atoms with Crippen LogP contribution in [0.25, 0.3) is 0 Å². The molecule has 0 saturated carbocycles. The third-order valence-electron chi connectivity index (χ3n) is 7.16. The van der Waals surface area contributed by atoms with Crippen LogP contribution < -0.4 is 20.4 Å². The molecule has 0 unspecified atom stereocenters. The van der Waals surface area contributed by atoms with Crippen molar-refractivity contribution in [3.8, 4) is 0 Å². The number of amides is 1. The lowest BCUT2D eigenvalue weighted by Gasteiger charge is -2.37. The Morgan fingerprint density at radius 2 is 1.65 bits per heavy atom. The van der Waals surface area contributed by atoms with Gasteiger partial charge in [0.1, 0.15) is 42.0 Å². The van der Waals surface area contributed by atoms with Gasteiger partial charge in [-0.1, -0.05) is 35.1 Å². The number of anilines is 4. The van der Waals surface area contributed by atoms with Crippen LogP contribution in [0.15, 0.2) is 30.5 Å². The van der Waals surface area contributed by atoms with Gasteiger partial charge in [-0.15, -0.1) is 0 Å². The normalized spacial score (nSPS) is 13.7. The fourth-order valence-electron chi connectivity index (χ4n) is 4.84. The number of hydrogen-bond donors (Lipinski definition) is 6. The predicted molar refractivity (Wildman–Crippen MR) is 188 cm³/mol. The lowest BCUT2D eigenvalue weighted by atomic mass is 10.2. The SMILES string of the molecule is CCOP(=O)(OCC)N1CCN(c2cc(Nc3ncc(C(=O)Nc4c(C)cccc4Cl)s3)nc(C)n2)CC1.OCC[NH+](CCO)CCO. The monoisotopic (exact) mass is 729 g/mol. The van der Waals surface area contributed by atoms with Crippen molar-refractivity contribution in [2.45, 2.75) is 27.7 Å². The number of thiazole rings is 1. The molecule has 0 atom stereocenters. The summed E-state index contributed by atoms with van der Waals surface area (Å²) in [4.78, 5) is 29.7. The van der Waals surface area contributed by atoms with Gasteiger partial charge in [0.2, 0.25) is 0 Å². The Labute approximate surface area is 290 Å². The molecule has 1 aromatic carbocycles. The molecule has 1 aliphatic rings. The molecule has 1 aliphatic heterocycles. The van der Waals surface area contributed by atoms with Crippen LogP contribution >= 0.6 is 30.7 Å². The molecule has 3 aromatic rings. The second kappa shape index (κ2) is 20.0. The number of hydrogen-bond acceptors (Lipinski definition) is 13. The molecule has 48 heavy (non-hydrogen) atoms. The Morgan fingerprint density at radius 1 is 1.02 bits per heavy atom. The standard InChI is InChI=1S/C24H31ClN7O4PS.C6H15NO3/c1-5-35-37(34,36-6-2)32-12-10-31(11-13-32)21-14-20(27-17(4)28-21)29-24-26-15-19(38-24)23(33)30-22-16(3)8-7-9-18(22)25;8-4-1-7(2-5-9)3-6-10/h7-9,14-15H,5-6,10-13H2,1-4H3,(H,30,33)(H,26,27,28,29);8-10H,1-6H2/p+1. The van der Waals surface area contributed by atoms with E-state index in [0.717, 1.165) is 16.3 Å². The molecule has 2 aromatic heterocycles. The summed E-state index contributed by atoms with van der Waals surface area (Å²) in [5.41, 5.74) is 1.45. The summed E-state index contributed by atoms with van der Waals surface area (Å²) >= 11 is 7.45. The van der Waals surface area contributed by atoms with E-state index in [9.17, 15) is 9.36 Å². The number of nitrogens with one attached hydrogen (secondary N) is 3. The lowest BCUT2D eigenvalue weighted by Crippen LogP contribution is -3.13. The maximum Gasteiger partial charge on any atom is 0.408 e. The summed E-state index contributed by atoms with van der Waals surface area (Å²) < 4.78 is 25.8. The highest BCUT2D eigenvalue weighted by Gasteiger charge is 2.35. The summed E-state index contributed by atoms with van der Waals surface area (Å²) in [5.74, 6) is 1.60. The number of aryl methyl sites for hydroxylation is 2. The smallest absolute Gasteiger partial charge is 0.391 e. The van der Waals surface area contributed by atoms with Gasteiger partial charge >= 0.3 is 7.75 Å². The Bertz CT molecular complexity index is 1450. The number of piperazine rings is 1. The van der Waals surface area contributed by atoms with Gasteiger partial charge in [0.05, 0.1) is 49.9 Å². The summed E-state index contributed by atoms with van der Waals surface area (Å²) in [6.07, 6.45) is 1.51. The lowest BCUT2D eigenvalue weighted by molar-refractivity contribution is -0.901. The first-order valence-electron chi connectivity index (χ1n) is 15.8. The summed E-state index contributed by atoms with van der Waals surface area (Å²) in [7, 11) is -3.30. The van der Waals surface area contributed by atoms with E-state index in [4.69, 9.17) is 36.0 Å². The fourth-order valence-corrected chi connectivity index (χ4v) is 7.55. The van der Waals surface area contributed by atoms with Crippen molar-refractivity contribution in [3.05, 3.63) is 51.7 Å². The number of carbonyl (C=O) groups excluding carboxylic acids is 1. The first kappa shape index (κ1) is 39.7. The number of halogens is 1. The number of benzene rings is 1. The second-order valence-corrected chi connectivity index (χ2v) is 14.1. The number of aliphatic hydroxyl groups is 3. The number of carbonyl (C=O) groups is 1. The molecule has 4 rings (SSSR count). The number of quaternary nitrogens is 1. The third-order valence-corrected chi connectivity index (χ3v) is 10.6. The van der Waals surface area contributed by atoms with E-state index in [2.05, 4.69) is 30.5 Å². The van der Waals surface area contributed by atoms with E-state index >= 15 is 0 Å². The van der Waals surface area contributed by atoms with Crippen molar-refractivity contribution in [2.75, 3.05) is 94.4 Å². The minimum absolute atomic E-state index is 0.106. The van der Waals surface area contributed by atoms with Crippen LogP contribution in [0.4, 0.5) is 22.5 Å². The minimum Gasteiger partial charge on any atom is -0.391 e. The van der Waals surface area contributed by atoms with Crippen molar-refractivity contribution in [1.29, 1.82) is 0 Å². The molecule has 1 fully saturated rings. The first-order valence-corrected chi connectivity index (χ1v) is 18.5. The van der Waals surface area contributed by atoms with Crippen LogP contribution in [0.2, 0.25) is 5.02 Å². The van der Waals surface area contributed by atoms with Gasteiger partial charge in [-0.25, -0.2) is 24.2 Å². The maximum atomic E-state index is 13.1. The Morgan fingerprint density at radius 3 is 2.21 bits per heavy atom. The Kier molecular flexibility index (Phi) is 16.6. The molecule has 0 radical (unpaired) electrons. The highest BCUT2D eigenvalue weighted by molar-refractivity contribution is 7.51. The van der Waals surface area contributed by atoms with Crippen molar-refractivity contribution < 1.29 is 38.6 Å². The van der Waals surface area contributed by atoms with E-state index in [1.165, 1.54) is 17.5 Å². The Balaban J connectivity index is 0.000000542. The van der Waals surface area contributed by atoms with Crippen LogP contribution in [0.1, 0.15) is 34.9 Å². The van der Waals surface area contributed by atoms with E-state index < -0.39 is 7.75 Å². The van der Waals surface area contributed by atoms with Gasteiger partial charge < -0.3 is 35.8 Å². The van der Waals surface area contributed by atoms with Crippen molar-refractivity contribution in [2.24, 2.45) is 0 Å². The fraction of sp³-hybridized carbons (Fsp3) is 0.533. The summed E-state index contributed by atoms with van der Waals surface area (Å²) in [5, 5.41) is 32.6. The molecular weight excluding hydrogens is 683 g/mol. The maximum absolute atomic E-state index is 13.1. The zero-order valence-corrected chi connectivity index (χ0v) is 30.3. The van der Waals surface area contributed by atoms with Crippen LogP contribution in [-0.4, -0.2) is 120 Å². The molecule has 6 N–H and O–H groups in total. The van der Waals surface area contributed by atoms with Gasteiger partial charge in [-0.2, -0.15) is 0 Å². The largest absolute Gasteiger partial charge is 0.408 e. The van der Waals surface area contributed by atoms with Crippen LogP contribution in [0.5, 0.6) is 0 Å². The zero-order chi connectivity index (χ0) is 35.1. The van der Waals surface area contributed by atoms with Crippen LogP contribution in [-0.2, 0) is 13.6 Å². The number of para-hydroxylation sites is 1. The van der Waals surface area contributed by atoms with Gasteiger partial charge in [0, 0.05) is 32.2 Å². The topological polar surface area (TPSA) is 187 Å². The average Bonchev–Trinajstić information content (AvgIpc) is 3.52. The summed E-state index contributed by atoms with van der Waals surface area (Å²) in [6.45, 7) is 12.3. The molecule has 1 saturated heterocycles. The predicted octanol–water partition coefficient (Wildman–Crippen LogP) is 2.35. The highest BCUT2D eigenvalue weighted by atomic mass is 35.5. The molecule has 18 heteroatoms. The number of rotatable bonds is 16. The van der Waals surface area contributed by atoms with Gasteiger partial charge in [-0.3, -0.25) is 13.8 Å². The number of aliphatic hydroxyl groups excluding tert-OH is 3. The molecule has 0 bridgehead atoms. The van der Waals surface area contributed by atoms with Crippen molar-refractivity contribution in [3.63, 3.8) is 0 Å². The van der Waals surface area contributed by atoms with Crippen LogP contribution in [0, 0.1) is 13.8 Å². The van der Waals surface area contributed by atoms with Crippen LogP contribution in [0.3, 0.4) is 0 Å².